The Morgan fingerprint density at radius 3 is 2.33 bits per heavy atom. The second-order valence-electron chi connectivity index (χ2n) is 5.54. The number of aryl methyl sites for hydroxylation is 2. The summed E-state index contributed by atoms with van der Waals surface area (Å²) in [6, 6.07) is 8.68. The van der Waals surface area contributed by atoms with Crippen LogP contribution in [0.5, 0.6) is 5.75 Å². The Hall–Kier alpha value is -2.64. The molecule has 124 valence electrons. The van der Waals surface area contributed by atoms with E-state index in [0.29, 0.717) is 27.6 Å². The van der Waals surface area contributed by atoms with Crippen LogP contribution in [0.4, 0.5) is 0 Å². The maximum Gasteiger partial charge on any atom is 0.336 e. The number of aromatic hydroxyl groups is 1. The van der Waals surface area contributed by atoms with Gasteiger partial charge >= 0.3 is 5.63 Å². The van der Waals surface area contributed by atoms with Crippen molar-refractivity contribution in [2.45, 2.75) is 18.7 Å². The van der Waals surface area contributed by atoms with Crippen molar-refractivity contribution in [3.8, 4) is 16.9 Å². The first kappa shape index (κ1) is 16.2. The van der Waals surface area contributed by atoms with Gasteiger partial charge in [-0.2, -0.15) is 8.42 Å². The van der Waals surface area contributed by atoms with Crippen molar-refractivity contribution >= 4 is 21.1 Å². The minimum absolute atomic E-state index is 0.0363. The molecule has 1 heterocycles. The van der Waals surface area contributed by atoms with E-state index >= 15 is 0 Å². The molecule has 0 aliphatic rings. The first-order valence-corrected chi connectivity index (χ1v) is 8.47. The Morgan fingerprint density at radius 1 is 0.958 bits per heavy atom. The number of phenolic OH excluding ortho intramolecular Hbond substituents is 1. The lowest BCUT2D eigenvalue weighted by atomic mass is 9.97. The van der Waals surface area contributed by atoms with Gasteiger partial charge in [-0.25, -0.2) is 4.79 Å². The quantitative estimate of drug-likeness (QED) is 0.546. The number of hydrogen-bond acceptors (Lipinski definition) is 5. The summed E-state index contributed by atoms with van der Waals surface area (Å²) in [6.45, 7) is 3.46. The molecule has 3 rings (SSSR count). The Morgan fingerprint density at radius 2 is 1.67 bits per heavy atom. The van der Waals surface area contributed by atoms with E-state index in [1.165, 1.54) is 24.3 Å². The summed E-state index contributed by atoms with van der Waals surface area (Å²) >= 11 is 0. The third-order valence-corrected chi connectivity index (χ3v) is 4.74. The van der Waals surface area contributed by atoms with Crippen molar-refractivity contribution in [1.82, 2.24) is 0 Å². The molecular weight excluding hydrogens is 332 g/mol. The highest BCUT2D eigenvalue weighted by Crippen LogP contribution is 2.38. The smallest absolute Gasteiger partial charge is 0.336 e. The molecule has 2 aromatic carbocycles. The van der Waals surface area contributed by atoms with Crippen molar-refractivity contribution in [1.29, 1.82) is 0 Å². The average molecular weight is 346 g/mol. The molecule has 1 aromatic heterocycles. The van der Waals surface area contributed by atoms with Crippen LogP contribution in [0.1, 0.15) is 11.1 Å². The molecule has 0 fully saturated rings. The van der Waals surface area contributed by atoms with Gasteiger partial charge in [-0.15, -0.1) is 0 Å². The number of rotatable bonds is 2. The maximum absolute atomic E-state index is 11.6. The van der Waals surface area contributed by atoms with E-state index in [4.69, 9.17) is 4.42 Å². The van der Waals surface area contributed by atoms with Gasteiger partial charge in [-0.05, 0) is 48.7 Å². The topological polar surface area (TPSA) is 105 Å². The molecule has 6 nitrogen and oxygen atoms in total. The normalized spacial score (nSPS) is 11.8. The lowest BCUT2D eigenvalue weighted by Crippen LogP contribution is -2.00. The van der Waals surface area contributed by atoms with E-state index in [9.17, 15) is 22.9 Å². The third kappa shape index (κ3) is 2.68. The van der Waals surface area contributed by atoms with E-state index in [1.807, 2.05) is 0 Å². The van der Waals surface area contributed by atoms with Gasteiger partial charge in [0.15, 0.2) is 11.3 Å². The SMILES string of the molecule is Cc1ccc(S(=O)(=O)O)cc1-c1ccc2c(C)cc(=O)oc2c1O. The molecule has 0 radical (unpaired) electrons. The fourth-order valence-electron chi connectivity index (χ4n) is 2.64. The Balaban J connectivity index is 2.35. The minimum atomic E-state index is -4.37. The molecule has 0 spiro atoms. The molecule has 2 N–H and O–H groups in total. The van der Waals surface area contributed by atoms with Crippen LogP contribution in [0, 0.1) is 13.8 Å². The summed E-state index contributed by atoms with van der Waals surface area (Å²) in [5.74, 6) is -0.260. The van der Waals surface area contributed by atoms with E-state index in [0.717, 1.165) is 0 Å². The lowest BCUT2D eigenvalue weighted by Gasteiger charge is -2.11. The van der Waals surface area contributed by atoms with Gasteiger partial charge in [0.05, 0.1) is 4.90 Å². The number of hydrogen-bond donors (Lipinski definition) is 2. The third-order valence-electron chi connectivity index (χ3n) is 3.89. The molecule has 0 aliphatic heterocycles. The zero-order valence-corrected chi connectivity index (χ0v) is 13.7. The van der Waals surface area contributed by atoms with Crippen LogP contribution >= 0.6 is 0 Å². The second-order valence-corrected chi connectivity index (χ2v) is 6.96. The van der Waals surface area contributed by atoms with Crippen LogP contribution in [-0.4, -0.2) is 18.1 Å². The summed E-state index contributed by atoms with van der Waals surface area (Å²) in [6.07, 6.45) is 0. The molecule has 24 heavy (non-hydrogen) atoms. The highest BCUT2D eigenvalue weighted by molar-refractivity contribution is 7.85. The van der Waals surface area contributed by atoms with Crippen LogP contribution in [-0.2, 0) is 10.1 Å². The Kier molecular flexibility index (Phi) is 3.70. The van der Waals surface area contributed by atoms with Crippen LogP contribution in [0.25, 0.3) is 22.1 Å². The van der Waals surface area contributed by atoms with Crippen molar-refractivity contribution in [2.24, 2.45) is 0 Å². The molecule has 0 bridgehead atoms. The van der Waals surface area contributed by atoms with Crippen molar-refractivity contribution in [3.05, 3.63) is 57.9 Å². The molecule has 0 atom stereocenters. The van der Waals surface area contributed by atoms with Crippen molar-refractivity contribution in [3.63, 3.8) is 0 Å². The molecule has 0 unspecified atom stereocenters. The predicted molar refractivity (Wildman–Crippen MR) is 88.9 cm³/mol. The van der Waals surface area contributed by atoms with E-state index < -0.39 is 15.7 Å². The predicted octanol–water partition coefficient (Wildman–Crippen LogP) is 3.03. The zero-order chi connectivity index (χ0) is 17.6. The molecule has 7 heteroatoms. The largest absolute Gasteiger partial charge is 0.504 e. The van der Waals surface area contributed by atoms with Gasteiger partial charge in [-0.1, -0.05) is 12.1 Å². The van der Waals surface area contributed by atoms with E-state index in [2.05, 4.69) is 0 Å². The van der Waals surface area contributed by atoms with E-state index in [-0.39, 0.29) is 16.2 Å². The molecule has 0 saturated heterocycles. The first-order valence-electron chi connectivity index (χ1n) is 7.03. The minimum Gasteiger partial charge on any atom is -0.504 e. The fourth-order valence-corrected chi connectivity index (χ4v) is 3.15. The van der Waals surface area contributed by atoms with Gasteiger partial charge < -0.3 is 9.52 Å². The van der Waals surface area contributed by atoms with Gasteiger partial charge in [0, 0.05) is 17.0 Å². The van der Waals surface area contributed by atoms with Gasteiger partial charge in [0.1, 0.15) is 0 Å². The van der Waals surface area contributed by atoms with Crippen LogP contribution in [0.2, 0.25) is 0 Å². The Labute approximate surface area is 137 Å². The van der Waals surface area contributed by atoms with Crippen LogP contribution in [0.3, 0.4) is 0 Å². The summed E-state index contributed by atoms with van der Waals surface area (Å²) in [7, 11) is -4.37. The standard InChI is InChI=1S/C17H14O6S/c1-9-3-4-11(24(20,21)22)8-14(9)13-6-5-12-10(2)7-15(18)23-17(12)16(13)19/h3-8,19H,1-2H3,(H,20,21,22). The molecular formula is C17H14O6S. The van der Waals surface area contributed by atoms with Crippen molar-refractivity contribution in [2.75, 3.05) is 0 Å². The zero-order valence-electron chi connectivity index (χ0n) is 12.9. The summed E-state index contributed by atoms with van der Waals surface area (Å²) in [5.41, 5.74) is 1.51. The summed E-state index contributed by atoms with van der Waals surface area (Å²) in [4.78, 5) is 11.3. The van der Waals surface area contributed by atoms with Crippen molar-refractivity contribution < 1.29 is 22.5 Å². The molecule has 0 aliphatic carbocycles. The average Bonchev–Trinajstić information content (AvgIpc) is 2.48. The maximum atomic E-state index is 11.6. The van der Waals surface area contributed by atoms with Gasteiger partial charge in [0.2, 0.25) is 0 Å². The first-order chi connectivity index (χ1) is 11.2. The molecule has 0 amide bonds. The van der Waals surface area contributed by atoms with E-state index in [1.54, 1.807) is 26.0 Å². The summed E-state index contributed by atoms with van der Waals surface area (Å²) in [5, 5.41) is 11.1. The molecule has 3 aromatic rings. The monoisotopic (exact) mass is 346 g/mol. The van der Waals surface area contributed by atoms with Gasteiger partial charge in [-0.3, -0.25) is 4.55 Å². The van der Waals surface area contributed by atoms with Crippen LogP contribution < -0.4 is 5.63 Å². The number of fused-ring (bicyclic) bond motifs is 1. The molecule has 0 saturated carbocycles. The van der Waals surface area contributed by atoms with Gasteiger partial charge in [0.25, 0.3) is 10.1 Å². The highest BCUT2D eigenvalue weighted by atomic mass is 32.2. The van der Waals surface area contributed by atoms with Crippen LogP contribution in [0.15, 0.2) is 50.5 Å². The number of phenols is 1. The summed E-state index contributed by atoms with van der Waals surface area (Å²) < 4.78 is 37.0. The lowest BCUT2D eigenvalue weighted by molar-refractivity contribution is 0.458. The Bertz CT molecular complexity index is 1130. The second kappa shape index (κ2) is 5.47. The highest BCUT2D eigenvalue weighted by Gasteiger charge is 2.17. The fraction of sp³-hybridized carbons (Fsp3) is 0.118. The number of benzene rings is 2.